The molecule has 0 bridgehead atoms. The first kappa shape index (κ1) is 18.9. The molecule has 1 aromatic heterocycles. The molecule has 7 heteroatoms. The first-order valence-electron chi connectivity index (χ1n) is 8.56. The van der Waals surface area contributed by atoms with Gasteiger partial charge < -0.3 is 23.5 Å². The van der Waals surface area contributed by atoms with Crippen molar-refractivity contribution in [2.45, 2.75) is 50.9 Å². The molecule has 6 nitrogen and oxygen atoms in total. The van der Waals surface area contributed by atoms with Crippen LogP contribution in [0.3, 0.4) is 0 Å². The number of hydrogen-bond donors (Lipinski definition) is 0. The minimum absolute atomic E-state index is 0.146. The molecule has 1 fully saturated rings. The average molecular weight is 416 g/mol. The Labute approximate surface area is 156 Å². The van der Waals surface area contributed by atoms with Gasteiger partial charge in [-0.3, -0.25) is 4.79 Å². The Hall–Kier alpha value is -0.890. The average Bonchev–Trinajstić information content (AvgIpc) is 2.60. The number of ether oxygens (including phenoxy) is 4. The standard InChI is InChI=1S/C18H26BrNO5/c1-17-7-5-6-8-18(17,24-4)10-20-9-12(19)14(21)15(23-3)13(20)16(17)25-11-22-2/h9,16H,5-8,10-11H2,1-4H3. The van der Waals surface area contributed by atoms with Gasteiger partial charge in [0.15, 0.2) is 5.75 Å². The molecule has 1 saturated carbocycles. The van der Waals surface area contributed by atoms with Crippen molar-refractivity contribution in [1.82, 2.24) is 4.57 Å². The third-order valence-corrected chi connectivity index (χ3v) is 6.57. The number of aromatic nitrogens is 1. The van der Waals surface area contributed by atoms with E-state index in [1.165, 1.54) is 7.11 Å². The fraction of sp³-hybridized carbons (Fsp3) is 0.722. The van der Waals surface area contributed by atoms with Crippen molar-refractivity contribution in [3.63, 3.8) is 0 Å². The Bertz CT molecular complexity index is 705. The molecule has 2 heterocycles. The molecule has 3 unspecified atom stereocenters. The van der Waals surface area contributed by atoms with Gasteiger partial charge in [-0.05, 0) is 28.8 Å². The summed E-state index contributed by atoms with van der Waals surface area (Å²) in [5.74, 6) is 0.326. The van der Waals surface area contributed by atoms with E-state index in [2.05, 4.69) is 22.9 Å². The minimum Gasteiger partial charge on any atom is -0.491 e. The summed E-state index contributed by atoms with van der Waals surface area (Å²) >= 11 is 3.36. The van der Waals surface area contributed by atoms with E-state index < -0.39 is 0 Å². The number of hydrogen-bond acceptors (Lipinski definition) is 5. The van der Waals surface area contributed by atoms with E-state index in [1.54, 1.807) is 14.2 Å². The van der Waals surface area contributed by atoms with Crippen molar-refractivity contribution >= 4 is 15.9 Å². The van der Waals surface area contributed by atoms with Crippen LogP contribution in [0.4, 0.5) is 0 Å². The first-order chi connectivity index (χ1) is 11.9. The Balaban J connectivity index is 2.25. The van der Waals surface area contributed by atoms with Crippen molar-refractivity contribution in [3.8, 4) is 5.75 Å². The molecular weight excluding hydrogens is 390 g/mol. The zero-order chi connectivity index (χ0) is 18.2. The van der Waals surface area contributed by atoms with Crippen molar-refractivity contribution < 1.29 is 18.9 Å². The Morgan fingerprint density at radius 1 is 1.28 bits per heavy atom. The molecule has 2 aliphatic rings. The normalized spacial score (nSPS) is 31.3. The molecule has 0 amide bonds. The smallest absolute Gasteiger partial charge is 0.237 e. The third-order valence-electron chi connectivity index (χ3n) is 6.00. The van der Waals surface area contributed by atoms with Crippen LogP contribution in [-0.2, 0) is 20.8 Å². The summed E-state index contributed by atoms with van der Waals surface area (Å²) < 4.78 is 25.5. The van der Waals surface area contributed by atoms with Crippen molar-refractivity contribution in [2.24, 2.45) is 5.41 Å². The summed E-state index contributed by atoms with van der Waals surface area (Å²) in [5, 5.41) is 0. The molecule has 0 N–H and O–H groups in total. The number of fused-ring (bicyclic) bond motifs is 2. The van der Waals surface area contributed by atoms with Gasteiger partial charge >= 0.3 is 0 Å². The van der Waals surface area contributed by atoms with Crippen LogP contribution in [0, 0.1) is 5.41 Å². The summed E-state index contributed by atoms with van der Waals surface area (Å²) in [6.45, 7) is 3.01. The van der Waals surface area contributed by atoms with Crippen LogP contribution in [0.5, 0.6) is 5.75 Å². The van der Waals surface area contributed by atoms with Crippen LogP contribution in [-0.4, -0.2) is 38.3 Å². The summed E-state index contributed by atoms with van der Waals surface area (Å²) in [5.41, 5.74) is -0.0173. The highest BCUT2D eigenvalue weighted by Crippen LogP contribution is 2.59. The van der Waals surface area contributed by atoms with Gasteiger partial charge in [-0.15, -0.1) is 0 Å². The molecule has 3 atom stereocenters. The SMILES string of the molecule is COCOC1c2c(OC)c(=O)c(Br)cn2CC2(OC)CCCCC12C. The van der Waals surface area contributed by atoms with Gasteiger partial charge in [-0.25, -0.2) is 0 Å². The fourth-order valence-electron chi connectivity index (χ4n) is 4.64. The number of rotatable bonds is 5. The van der Waals surface area contributed by atoms with E-state index in [1.807, 2.05) is 10.8 Å². The monoisotopic (exact) mass is 415 g/mol. The minimum atomic E-state index is -0.351. The summed E-state index contributed by atoms with van der Waals surface area (Å²) in [6.07, 6.45) is 5.61. The molecule has 140 valence electrons. The lowest BCUT2D eigenvalue weighted by molar-refractivity contribution is -0.232. The predicted molar refractivity (Wildman–Crippen MR) is 97.0 cm³/mol. The van der Waals surface area contributed by atoms with Gasteiger partial charge in [0.1, 0.15) is 12.9 Å². The second kappa shape index (κ2) is 7.02. The zero-order valence-corrected chi connectivity index (χ0v) is 16.8. The van der Waals surface area contributed by atoms with Crippen LogP contribution in [0.2, 0.25) is 0 Å². The summed E-state index contributed by atoms with van der Waals surface area (Å²) in [7, 11) is 4.90. The number of nitrogens with zero attached hydrogens (tertiary/aromatic N) is 1. The Morgan fingerprint density at radius 2 is 2.00 bits per heavy atom. The topological polar surface area (TPSA) is 58.9 Å². The van der Waals surface area contributed by atoms with E-state index in [4.69, 9.17) is 18.9 Å². The lowest BCUT2D eigenvalue weighted by Gasteiger charge is -2.57. The van der Waals surface area contributed by atoms with Crippen LogP contribution in [0.15, 0.2) is 15.5 Å². The molecule has 1 aliphatic carbocycles. The quantitative estimate of drug-likeness (QED) is 0.690. The number of pyridine rings is 1. The van der Waals surface area contributed by atoms with E-state index in [9.17, 15) is 4.79 Å². The Morgan fingerprint density at radius 3 is 2.64 bits per heavy atom. The number of methoxy groups -OCH3 is 3. The second-order valence-corrected chi connectivity index (χ2v) is 7.98. The van der Waals surface area contributed by atoms with Crippen molar-refractivity contribution in [3.05, 3.63) is 26.6 Å². The van der Waals surface area contributed by atoms with Gasteiger partial charge in [0.05, 0.1) is 29.4 Å². The molecule has 0 saturated heterocycles. The van der Waals surface area contributed by atoms with Gasteiger partial charge in [-0.2, -0.15) is 0 Å². The molecular formula is C18H26BrNO5. The molecule has 1 aromatic rings. The van der Waals surface area contributed by atoms with Crippen LogP contribution < -0.4 is 10.2 Å². The third kappa shape index (κ3) is 2.76. The maximum Gasteiger partial charge on any atom is 0.237 e. The van der Waals surface area contributed by atoms with Gasteiger partial charge in [0.2, 0.25) is 5.43 Å². The van der Waals surface area contributed by atoms with Crippen molar-refractivity contribution in [1.29, 1.82) is 0 Å². The molecule has 0 radical (unpaired) electrons. The van der Waals surface area contributed by atoms with Crippen LogP contribution in [0.25, 0.3) is 0 Å². The zero-order valence-electron chi connectivity index (χ0n) is 15.3. The van der Waals surface area contributed by atoms with Crippen molar-refractivity contribution in [2.75, 3.05) is 28.1 Å². The van der Waals surface area contributed by atoms with E-state index in [0.29, 0.717) is 16.8 Å². The largest absolute Gasteiger partial charge is 0.491 e. The lowest BCUT2D eigenvalue weighted by atomic mass is 9.58. The molecule has 0 aromatic carbocycles. The molecule has 25 heavy (non-hydrogen) atoms. The predicted octanol–water partition coefficient (Wildman–Crippen LogP) is 3.26. The second-order valence-electron chi connectivity index (χ2n) is 7.13. The Kier molecular flexibility index (Phi) is 5.31. The molecule has 0 spiro atoms. The molecule has 1 aliphatic heterocycles. The van der Waals surface area contributed by atoms with Gasteiger partial charge in [0, 0.05) is 25.8 Å². The van der Waals surface area contributed by atoms with Crippen LogP contribution >= 0.6 is 15.9 Å². The van der Waals surface area contributed by atoms with E-state index in [0.717, 1.165) is 31.4 Å². The maximum atomic E-state index is 12.6. The highest BCUT2D eigenvalue weighted by molar-refractivity contribution is 9.10. The highest BCUT2D eigenvalue weighted by atomic mass is 79.9. The van der Waals surface area contributed by atoms with Gasteiger partial charge in [-0.1, -0.05) is 19.8 Å². The first-order valence-corrected chi connectivity index (χ1v) is 9.36. The number of halogens is 1. The molecule has 3 rings (SSSR count). The van der Waals surface area contributed by atoms with Gasteiger partial charge in [0.25, 0.3) is 0 Å². The maximum absolute atomic E-state index is 12.6. The summed E-state index contributed by atoms with van der Waals surface area (Å²) in [4.78, 5) is 12.6. The summed E-state index contributed by atoms with van der Waals surface area (Å²) in [6, 6.07) is 0. The van der Waals surface area contributed by atoms with Crippen LogP contribution in [0.1, 0.15) is 44.4 Å². The lowest BCUT2D eigenvalue weighted by Crippen LogP contribution is -2.60. The van der Waals surface area contributed by atoms with E-state index in [-0.39, 0.29) is 29.3 Å². The highest BCUT2D eigenvalue weighted by Gasteiger charge is 2.59. The van der Waals surface area contributed by atoms with E-state index >= 15 is 0 Å². The fourth-order valence-corrected chi connectivity index (χ4v) is 5.07.